The maximum Gasteiger partial charge on any atom is 0.371 e. The van der Waals surface area contributed by atoms with Gasteiger partial charge in [-0.2, -0.15) is 0 Å². The molecule has 5 heteroatoms. The number of rotatable bonds is 4. The number of aromatic carboxylic acids is 1. The van der Waals surface area contributed by atoms with E-state index in [1.807, 2.05) is 0 Å². The molecule has 1 saturated heterocycles. The second kappa shape index (κ2) is 5.75. The van der Waals surface area contributed by atoms with Gasteiger partial charge in [-0.1, -0.05) is 6.92 Å². The smallest absolute Gasteiger partial charge is 0.371 e. The Balaban J connectivity index is 2.06. The van der Waals surface area contributed by atoms with E-state index in [1.165, 1.54) is 6.07 Å². The first-order valence-corrected chi connectivity index (χ1v) is 6.80. The Morgan fingerprint density at radius 3 is 2.84 bits per heavy atom. The van der Waals surface area contributed by atoms with Gasteiger partial charge in [0.15, 0.2) is 0 Å². The fraction of sp³-hybridized carbons (Fsp3) is 0.643. The molecule has 1 aromatic rings. The van der Waals surface area contributed by atoms with Crippen LogP contribution < -0.4 is 0 Å². The number of hydrogen-bond donors (Lipinski definition) is 1. The summed E-state index contributed by atoms with van der Waals surface area (Å²) in [6, 6.07) is 3.98. The molecule has 5 nitrogen and oxygen atoms in total. The maximum absolute atomic E-state index is 10.8. The molecule has 0 spiro atoms. The van der Waals surface area contributed by atoms with E-state index in [4.69, 9.17) is 9.52 Å². The number of carbonyl (C=O) groups is 1. The van der Waals surface area contributed by atoms with Crippen molar-refractivity contribution in [2.75, 3.05) is 26.7 Å². The molecule has 0 aromatic carbocycles. The van der Waals surface area contributed by atoms with Crippen LogP contribution in [0.5, 0.6) is 0 Å². The van der Waals surface area contributed by atoms with Crippen LogP contribution in [0.15, 0.2) is 16.5 Å². The molecule has 0 bridgehead atoms. The monoisotopic (exact) mass is 266 g/mol. The summed E-state index contributed by atoms with van der Waals surface area (Å²) < 4.78 is 5.40. The molecule has 19 heavy (non-hydrogen) atoms. The summed E-state index contributed by atoms with van der Waals surface area (Å²) in [4.78, 5) is 15.6. The highest BCUT2D eigenvalue weighted by atomic mass is 16.4. The quantitative estimate of drug-likeness (QED) is 0.904. The summed E-state index contributed by atoms with van der Waals surface area (Å²) in [5, 5.41) is 8.89. The fourth-order valence-electron chi connectivity index (χ4n) is 2.63. The molecule has 0 aliphatic carbocycles. The first kappa shape index (κ1) is 14.1. The first-order chi connectivity index (χ1) is 9.02. The van der Waals surface area contributed by atoms with Crippen molar-refractivity contribution in [3.63, 3.8) is 0 Å². The maximum atomic E-state index is 10.8. The third kappa shape index (κ3) is 2.98. The van der Waals surface area contributed by atoms with Gasteiger partial charge in [0, 0.05) is 25.7 Å². The molecule has 1 aliphatic heterocycles. The van der Waals surface area contributed by atoms with Crippen molar-refractivity contribution >= 4 is 5.97 Å². The van der Waals surface area contributed by atoms with Crippen molar-refractivity contribution < 1.29 is 14.3 Å². The molecule has 2 rings (SSSR count). The van der Waals surface area contributed by atoms with E-state index >= 15 is 0 Å². The molecule has 0 amide bonds. The second-order valence-corrected chi connectivity index (χ2v) is 5.22. The topological polar surface area (TPSA) is 56.9 Å². The molecule has 0 saturated carbocycles. The normalized spacial score (nSPS) is 23.4. The van der Waals surface area contributed by atoms with E-state index < -0.39 is 5.97 Å². The van der Waals surface area contributed by atoms with Gasteiger partial charge in [0.25, 0.3) is 0 Å². The number of piperazine rings is 1. The second-order valence-electron chi connectivity index (χ2n) is 5.22. The van der Waals surface area contributed by atoms with Crippen LogP contribution in [0, 0.1) is 0 Å². The molecule has 106 valence electrons. The number of likely N-dealkylation sites (N-methyl/N-ethyl adjacent to an activating group) is 1. The van der Waals surface area contributed by atoms with E-state index in [1.54, 1.807) is 6.07 Å². The average molecular weight is 266 g/mol. The zero-order valence-corrected chi connectivity index (χ0v) is 11.8. The van der Waals surface area contributed by atoms with Gasteiger partial charge >= 0.3 is 5.97 Å². The summed E-state index contributed by atoms with van der Waals surface area (Å²) in [5.74, 6) is -0.261. The first-order valence-electron chi connectivity index (χ1n) is 6.80. The van der Waals surface area contributed by atoms with Crippen molar-refractivity contribution in [2.45, 2.75) is 32.4 Å². The third-order valence-electron chi connectivity index (χ3n) is 4.08. The van der Waals surface area contributed by atoms with Gasteiger partial charge < -0.3 is 14.4 Å². The van der Waals surface area contributed by atoms with Crippen LogP contribution in [-0.4, -0.2) is 53.6 Å². The summed E-state index contributed by atoms with van der Waals surface area (Å²) in [5.41, 5.74) is 0. The van der Waals surface area contributed by atoms with Crippen LogP contribution in [0.3, 0.4) is 0 Å². The van der Waals surface area contributed by atoms with Gasteiger partial charge in [-0.25, -0.2) is 4.79 Å². The SMILES string of the molecule is CCC1CN(C(C)c2ccc(C(=O)O)o2)CCN1C. The number of furan rings is 1. The van der Waals surface area contributed by atoms with E-state index in [-0.39, 0.29) is 11.8 Å². The van der Waals surface area contributed by atoms with Crippen LogP contribution in [0.1, 0.15) is 42.6 Å². The molecular formula is C14H22N2O3. The Morgan fingerprint density at radius 1 is 1.53 bits per heavy atom. The van der Waals surface area contributed by atoms with Crippen molar-refractivity contribution in [2.24, 2.45) is 0 Å². The minimum absolute atomic E-state index is 0.0167. The Morgan fingerprint density at radius 2 is 2.26 bits per heavy atom. The molecule has 0 radical (unpaired) electrons. The van der Waals surface area contributed by atoms with E-state index in [0.717, 1.165) is 31.8 Å². The van der Waals surface area contributed by atoms with Crippen molar-refractivity contribution in [3.8, 4) is 0 Å². The molecule has 1 aromatic heterocycles. The van der Waals surface area contributed by atoms with Crippen LogP contribution in [-0.2, 0) is 0 Å². The Kier molecular flexibility index (Phi) is 4.27. The van der Waals surface area contributed by atoms with Crippen LogP contribution in [0.4, 0.5) is 0 Å². The molecule has 2 atom stereocenters. The highest BCUT2D eigenvalue weighted by Gasteiger charge is 2.28. The zero-order valence-electron chi connectivity index (χ0n) is 11.8. The predicted octanol–water partition coefficient (Wildman–Crippen LogP) is 2.06. The lowest BCUT2D eigenvalue weighted by Crippen LogP contribution is -2.51. The molecule has 2 unspecified atom stereocenters. The summed E-state index contributed by atoms with van der Waals surface area (Å²) in [6.07, 6.45) is 1.12. The summed E-state index contributed by atoms with van der Waals surface area (Å²) in [6.45, 7) is 7.29. The molecule has 1 N–H and O–H groups in total. The van der Waals surface area contributed by atoms with Crippen LogP contribution >= 0.6 is 0 Å². The van der Waals surface area contributed by atoms with Gasteiger partial charge in [-0.05, 0) is 32.5 Å². The van der Waals surface area contributed by atoms with E-state index in [0.29, 0.717) is 6.04 Å². The predicted molar refractivity (Wildman–Crippen MR) is 72.4 cm³/mol. The summed E-state index contributed by atoms with van der Waals surface area (Å²) in [7, 11) is 2.16. The highest BCUT2D eigenvalue weighted by Crippen LogP contribution is 2.25. The van der Waals surface area contributed by atoms with Crippen molar-refractivity contribution in [1.29, 1.82) is 0 Å². The Labute approximate surface area is 113 Å². The average Bonchev–Trinajstić information content (AvgIpc) is 2.88. The van der Waals surface area contributed by atoms with Gasteiger partial charge in [-0.15, -0.1) is 0 Å². The van der Waals surface area contributed by atoms with E-state index in [9.17, 15) is 4.79 Å². The number of carboxylic acids is 1. The van der Waals surface area contributed by atoms with Gasteiger partial charge in [0.2, 0.25) is 5.76 Å². The van der Waals surface area contributed by atoms with Gasteiger partial charge in [0.05, 0.1) is 6.04 Å². The zero-order chi connectivity index (χ0) is 14.0. The lowest BCUT2D eigenvalue weighted by molar-refractivity contribution is 0.0570. The highest BCUT2D eigenvalue weighted by molar-refractivity contribution is 5.84. The van der Waals surface area contributed by atoms with Crippen molar-refractivity contribution in [1.82, 2.24) is 9.80 Å². The third-order valence-corrected chi connectivity index (χ3v) is 4.08. The number of hydrogen-bond acceptors (Lipinski definition) is 4. The largest absolute Gasteiger partial charge is 0.475 e. The fourth-order valence-corrected chi connectivity index (χ4v) is 2.63. The lowest BCUT2D eigenvalue weighted by Gasteiger charge is -2.41. The van der Waals surface area contributed by atoms with Crippen LogP contribution in [0.2, 0.25) is 0 Å². The van der Waals surface area contributed by atoms with Crippen molar-refractivity contribution in [3.05, 3.63) is 23.7 Å². The van der Waals surface area contributed by atoms with Gasteiger partial charge in [0.1, 0.15) is 5.76 Å². The minimum Gasteiger partial charge on any atom is -0.475 e. The Bertz CT molecular complexity index is 444. The molecule has 1 aliphatic rings. The minimum atomic E-state index is -1.01. The summed E-state index contributed by atoms with van der Waals surface area (Å²) >= 11 is 0. The number of carboxylic acid groups (broad SMARTS) is 1. The number of nitrogens with zero attached hydrogens (tertiary/aromatic N) is 2. The van der Waals surface area contributed by atoms with Gasteiger partial charge in [-0.3, -0.25) is 4.90 Å². The molecule has 2 heterocycles. The molecule has 1 fully saturated rings. The standard InChI is InChI=1S/C14H22N2O3/c1-4-11-9-16(8-7-15(11)3)10(2)12-5-6-13(19-12)14(17)18/h5-6,10-11H,4,7-9H2,1-3H3,(H,17,18). The lowest BCUT2D eigenvalue weighted by atomic mass is 10.1. The molecular weight excluding hydrogens is 244 g/mol. The van der Waals surface area contributed by atoms with E-state index in [2.05, 4.69) is 30.7 Å². The van der Waals surface area contributed by atoms with Crippen LogP contribution in [0.25, 0.3) is 0 Å². The Hall–Kier alpha value is -1.33.